The molecule has 3 aromatic rings. The molecule has 2 atom stereocenters. The Morgan fingerprint density at radius 2 is 1.76 bits per heavy atom. The minimum absolute atomic E-state index is 0.000558. The molecule has 2 heterocycles. The van der Waals surface area contributed by atoms with Crippen LogP contribution in [0.1, 0.15) is 35.2 Å². The topological polar surface area (TPSA) is 67.8 Å². The number of fused-ring (bicyclic) bond motifs is 1. The van der Waals surface area contributed by atoms with Gasteiger partial charge in [0.15, 0.2) is 0 Å². The van der Waals surface area contributed by atoms with E-state index in [1.165, 1.54) is 40.2 Å². The molecule has 0 saturated carbocycles. The molecule has 3 aromatic carbocycles. The number of halogens is 6. The maximum atomic E-state index is 14.6. The van der Waals surface area contributed by atoms with Gasteiger partial charge in [-0.1, -0.05) is 18.2 Å². The summed E-state index contributed by atoms with van der Waals surface area (Å²) < 4.78 is 85.5. The lowest BCUT2D eigenvalue weighted by Crippen LogP contribution is -2.47. The van der Waals surface area contributed by atoms with Gasteiger partial charge in [-0.25, -0.2) is 13.2 Å². The van der Waals surface area contributed by atoms with E-state index in [-0.39, 0.29) is 42.3 Å². The van der Waals surface area contributed by atoms with E-state index in [0.29, 0.717) is 11.6 Å². The van der Waals surface area contributed by atoms with Crippen molar-refractivity contribution in [3.63, 3.8) is 0 Å². The lowest BCUT2D eigenvalue weighted by molar-refractivity contribution is -0.139. The molecule has 0 aromatic heterocycles. The Morgan fingerprint density at radius 1 is 1.00 bits per heavy atom. The Labute approximate surface area is 213 Å². The second kappa shape index (κ2) is 9.75. The monoisotopic (exact) mass is 536 g/mol. The number of piperazine rings is 1. The predicted octanol–water partition coefficient (Wildman–Crippen LogP) is 5.64. The van der Waals surface area contributed by atoms with Gasteiger partial charge in [0.1, 0.15) is 17.5 Å². The van der Waals surface area contributed by atoms with Crippen molar-refractivity contribution >= 4 is 23.0 Å². The average molecular weight is 536 g/mol. The second-order valence-electron chi connectivity index (χ2n) is 9.08. The van der Waals surface area contributed by atoms with Crippen LogP contribution in [0, 0.1) is 17.5 Å². The number of rotatable bonds is 5. The van der Waals surface area contributed by atoms with Gasteiger partial charge < -0.3 is 15.3 Å². The Hall–Kier alpha value is -3.93. The van der Waals surface area contributed by atoms with Crippen LogP contribution in [0.25, 0.3) is 0 Å². The number of nitrogens with zero attached hydrogens (tertiary/aromatic N) is 2. The molecule has 2 unspecified atom stereocenters. The first-order valence-electron chi connectivity index (χ1n) is 11.7. The molecule has 0 radical (unpaired) electrons. The fourth-order valence-corrected chi connectivity index (χ4v) is 5.15. The van der Waals surface area contributed by atoms with Crippen LogP contribution in [0.15, 0.2) is 54.6 Å². The largest absolute Gasteiger partial charge is 0.481 e. The Bertz CT molecular complexity index is 1380. The second-order valence-corrected chi connectivity index (χ2v) is 9.08. The first kappa shape index (κ1) is 25.7. The molecule has 2 aliphatic heterocycles. The third kappa shape index (κ3) is 4.71. The zero-order valence-electron chi connectivity index (χ0n) is 19.7. The first-order chi connectivity index (χ1) is 18.0. The number of para-hydroxylation sites is 1. The standard InChI is InChI=1S/C26H22F6N4O2/c27-14-7-8-20(18(29)11-14)35-10-9-33-19(13-35)24-16(26(30,31)32)4-2-6-21(24)36-22(12-23(37)38)15-3-1-5-17(28)25(15)34-36/h1-8,11,19,22,33-34H,9-10,12-13H2,(H,37,38). The zero-order valence-corrected chi connectivity index (χ0v) is 19.7. The summed E-state index contributed by atoms with van der Waals surface area (Å²) >= 11 is 0. The lowest BCUT2D eigenvalue weighted by atomic mass is 9.94. The molecule has 0 amide bonds. The highest BCUT2D eigenvalue weighted by molar-refractivity contribution is 5.76. The van der Waals surface area contributed by atoms with Gasteiger partial charge in [0, 0.05) is 36.8 Å². The van der Waals surface area contributed by atoms with Gasteiger partial charge in [0.2, 0.25) is 0 Å². The van der Waals surface area contributed by atoms with Crippen LogP contribution in [-0.2, 0) is 11.0 Å². The molecule has 1 fully saturated rings. The van der Waals surface area contributed by atoms with Crippen LogP contribution in [0.5, 0.6) is 0 Å². The Morgan fingerprint density at radius 3 is 2.47 bits per heavy atom. The summed E-state index contributed by atoms with van der Waals surface area (Å²) in [5, 5.41) is 13.8. The maximum absolute atomic E-state index is 14.6. The third-order valence-corrected chi connectivity index (χ3v) is 6.74. The number of nitrogens with one attached hydrogen (secondary N) is 2. The summed E-state index contributed by atoms with van der Waals surface area (Å²) in [4.78, 5) is 13.2. The van der Waals surface area contributed by atoms with Crippen molar-refractivity contribution in [3.8, 4) is 0 Å². The van der Waals surface area contributed by atoms with Crippen LogP contribution < -0.4 is 20.7 Å². The van der Waals surface area contributed by atoms with Gasteiger partial charge in [-0.15, -0.1) is 0 Å². The number of hydrogen-bond donors (Lipinski definition) is 3. The predicted molar refractivity (Wildman–Crippen MR) is 128 cm³/mol. The third-order valence-electron chi connectivity index (χ3n) is 6.74. The summed E-state index contributed by atoms with van der Waals surface area (Å²) in [6.45, 7) is 0.345. The Kier molecular flexibility index (Phi) is 6.59. The van der Waals surface area contributed by atoms with Crippen molar-refractivity contribution in [1.82, 2.24) is 5.32 Å². The number of hydrazine groups is 1. The van der Waals surface area contributed by atoms with E-state index in [4.69, 9.17) is 0 Å². The van der Waals surface area contributed by atoms with E-state index in [1.54, 1.807) is 0 Å². The maximum Gasteiger partial charge on any atom is 0.416 e. The molecule has 5 rings (SSSR count). The van der Waals surface area contributed by atoms with Gasteiger partial charge in [-0.2, -0.15) is 13.2 Å². The number of aliphatic carboxylic acids is 1. The van der Waals surface area contributed by atoms with Crippen molar-refractivity contribution in [2.75, 3.05) is 35.0 Å². The number of anilines is 3. The fourth-order valence-electron chi connectivity index (χ4n) is 5.15. The number of carbonyl (C=O) groups is 1. The van der Waals surface area contributed by atoms with Crippen LogP contribution >= 0.6 is 0 Å². The normalized spacial score (nSPS) is 19.3. The molecule has 12 heteroatoms. The summed E-state index contributed by atoms with van der Waals surface area (Å²) in [5.41, 5.74) is 1.92. The minimum atomic E-state index is -4.78. The summed E-state index contributed by atoms with van der Waals surface area (Å²) in [6, 6.07) is 8.61. The summed E-state index contributed by atoms with van der Waals surface area (Å²) in [5.74, 6) is -3.52. The van der Waals surface area contributed by atoms with Crippen molar-refractivity contribution < 1.29 is 36.2 Å². The SMILES string of the molecule is O=C(O)CC1c2cccc(F)c2NN1c1cccc(C(F)(F)F)c1C1CN(c2ccc(F)cc2F)CCN1. The molecule has 0 aliphatic carbocycles. The fraction of sp³-hybridized carbons (Fsp3) is 0.269. The summed E-state index contributed by atoms with van der Waals surface area (Å²) in [6.07, 6.45) is -5.29. The van der Waals surface area contributed by atoms with Crippen molar-refractivity contribution in [2.45, 2.75) is 24.7 Å². The highest BCUT2D eigenvalue weighted by Crippen LogP contribution is 2.47. The van der Waals surface area contributed by atoms with Gasteiger partial charge in [0.05, 0.1) is 41.1 Å². The van der Waals surface area contributed by atoms with E-state index in [2.05, 4.69) is 10.7 Å². The van der Waals surface area contributed by atoms with Gasteiger partial charge in [0.25, 0.3) is 0 Å². The van der Waals surface area contributed by atoms with Crippen LogP contribution in [0.4, 0.5) is 43.4 Å². The van der Waals surface area contributed by atoms with Crippen molar-refractivity contribution in [2.24, 2.45) is 0 Å². The van der Waals surface area contributed by atoms with Crippen LogP contribution in [0.3, 0.4) is 0 Å². The van der Waals surface area contributed by atoms with Crippen LogP contribution in [-0.4, -0.2) is 30.7 Å². The van der Waals surface area contributed by atoms with Gasteiger partial charge in [-0.3, -0.25) is 15.2 Å². The molecular weight excluding hydrogens is 514 g/mol. The van der Waals surface area contributed by atoms with Gasteiger partial charge in [-0.05, 0) is 30.3 Å². The lowest BCUT2D eigenvalue weighted by Gasteiger charge is -2.39. The molecule has 3 N–H and O–H groups in total. The molecule has 6 nitrogen and oxygen atoms in total. The molecule has 0 spiro atoms. The highest BCUT2D eigenvalue weighted by Gasteiger charge is 2.42. The molecule has 1 saturated heterocycles. The molecule has 0 bridgehead atoms. The van der Waals surface area contributed by atoms with Crippen LogP contribution in [0.2, 0.25) is 0 Å². The number of alkyl halides is 3. The molecule has 2 aliphatic rings. The quantitative estimate of drug-likeness (QED) is 0.367. The number of carboxylic acid groups (broad SMARTS) is 1. The van der Waals surface area contributed by atoms with E-state index in [0.717, 1.165) is 18.2 Å². The average Bonchev–Trinajstić information content (AvgIpc) is 3.22. The summed E-state index contributed by atoms with van der Waals surface area (Å²) in [7, 11) is 0. The first-order valence-corrected chi connectivity index (χ1v) is 11.7. The van der Waals surface area contributed by atoms with Crippen molar-refractivity contribution in [3.05, 3.63) is 88.7 Å². The number of benzene rings is 3. The minimum Gasteiger partial charge on any atom is -0.481 e. The molecule has 200 valence electrons. The van der Waals surface area contributed by atoms with E-state index in [1.807, 2.05) is 0 Å². The smallest absolute Gasteiger partial charge is 0.416 e. The number of hydrogen-bond acceptors (Lipinski definition) is 5. The van der Waals surface area contributed by atoms with E-state index in [9.17, 15) is 36.2 Å². The van der Waals surface area contributed by atoms with E-state index >= 15 is 0 Å². The van der Waals surface area contributed by atoms with Crippen molar-refractivity contribution in [1.29, 1.82) is 0 Å². The Balaban J connectivity index is 1.61. The van der Waals surface area contributed by atoms with E-state index < -0.39 is 53.7 Å². The number of carboxylic acids is 1. The van der Waals surface area contributed by atoms with Gasteiger partial charge >= 0.3 is 12.1 Å². The highest BCUT2D eigenvalue weighted by atomic mass is 19.4. The molecule has 38 heavy (non-hydrogen) atoms. The zero-order chi connectivity index (χ0) is 27.2. The molecular formula is C26H22F6N4O2.